The number of fused-ring (bicyclic) bond motifs is 2. The van der Waals surface area contributed by atoms with Crippen molar-refractivity contribution in [1.29, 1.82) is 0 Å². The average Bonchev–Trinajstić information content (AvgIpc) is 3.36. The van der Waals surface area contributed by atoms with Gasteiger partial charge in [0.1, 0.15) is 5.75 Å². The smallest absolute Gasteiger partial charge is 0.213 e. The molecule has 1 aromatic carbocycles. The van der Waals surface area contributed by atoms with Crippen LogP contribution in [-0.4, -0.2) is 43.7 Å². The molecule has 0 spiro atoms. The summed E-state index contributed by atoms with van der Waals surface area (Å²) in [5.74, 6) is -0.937. The highest BCUT2D eigenvalue weighted by molar-refractivity contribution is 8.15. The third-order valence-corrected chi connectivity index (χ3v) is 8.45. The predicted octanol–water partition coefficient (Wildman–Crippen LogP) is 4.14. The van der Waals surface area contributed by atoms with Crippen molar-refractivity contribution in [1.82, 2.24) is 20.1 Å². The number of halogens is 2. The van der Waals surface area contributed by atoms with Crippen LogP contribution in [0.1, 0.15) is 36.0 Å². The fourth-order valence-corrected chi connectivity index (χ4v) is 6.80. The zero-order valence-electron chi connectivity index (χ0n) is 20.6. The van der Waals surface area contributed by atoms with E-state index in [1.807, 2.05) is 19.1 Å². The topological polar surface area (TPSA) is 122 Å². The first-order valence-electron chi connectivity index (χ1n) is 11.9. The largest absolute Gasteiger partial charge is 0.484 e. The lowest BCUT2D eigenvalue weighted by Crippen LogP contribution is -2.38. The first-order chi connectivity index (χ1) is 18.3. The number of hydrogen-bond donors (Lipinski definition) is 1. The molecule has 12 heteroatoms. The summed E-state index contributed by atoms with van der Waals surface area (Å²) < 4.78 is 45.8. The second kappa shape index (κ2) is 9.28. The average molecular weight is 539 g/mol. The third-order valence-electron chi connectivity index (χ3n) is 7.17. The van der Waals surface area contributed by atoms with Crippen LogP contribution in [0.2, 0.25) is 0 Å². The lowest BCUT2D eigenvalue weighted by molar-refractivity contribution is 0.184. The fourth-order valence-electron chi connectivity index (χ4n) is 5.35. The molecule has 1 aliphatic heterocycles. The number of rotatable bonds is 8. The van der Waals surface area contributed by atoms with E-state index >= 15 is 4.39 Å². The number of nitrogens with zero attached hydrogens (tertiary/aromatic N) is 5. The lowest BCUT2D eigenvalue weighted by atomic mass is 9.84. The molecular weight excluding hydrogens is 514 g/mol. The quantitative estimate of drug-likeness (QED) is 0.353. The number of benzene rings is 1. The summed E-state index contributed by atoms with van der Waals surface area (Å²) in [6.45, 7) is 2.41. The minimum atomic E-state index is -1.01. The Labute approximate surface area is 220 Å². The van der Waals surface area contributed by atoms with Crippen LogP contribution in [0.15, 0.2) is 52.6 Å². The Morgan fingerprint density at radius 1 is 1.21 bits per heavy atom. The molecule has 0 radical (unpaired) electrons. The van der Waals surface area contributed by atoms with Gasteiger partial charge in [0.15, 0.2) is 23.4 Å². The molecule has 0 amide bonds. The molecule has 196 valence electrons. The van der Waals surface area contributed by atoms with E-state index in [0.29, 0.717) is 40.1 Å². The summed E-state index contributed by atoms with van der Waals surface area (Å²) in [6.07, 6.45) is 5.45. The van der Waals surface area contributed by atoms with Gasteiger partial charge >= 0.3 is 0 Å². The van der Waals surface area contributed by atoms with Crippen LogP contribution < -0.4 is 10.5 Å². The zero-order valence-corrected chi connectivity index (χ0v) is 21.5. The maximum absolute atomic E-state index is 15.3. The summed E-state index contributed by atoms with van der Waals surface area (Å²) in [4.78, 5) is 17.6. The molecule has 0 bridgehead atoms. The van der Waals surface area contributed by atoms with Gasteiger partial charge in [-0.3, -0.25) is 15.0 Å². The first-order valence-corrected chi connectivity index (χ1v) is 12.8. The van der Waals surface area contributed by atoms with Crippen LogP contribution in [0, 0.1) is 17.6 Å². The van der Waals surface area contributed by atoms with Gasteiger partial charge in [-0.05, 0) is 43.2 Å². The number of ether oxygens (including phenoxy) is 2. The fraction of sp³-hybridized carbons (Fsp3) is 0.346. The van der Waals surface area contributed by atoms with Crippen molar-refractivity contribution in [2.75, 3.05) is 13.7 Å². The molecule has 2 N–H and O–H groups in total. The molecule has 2 aliphatic rings. The Balaban J connectivity index is 1.31. The molecule has 1 aliphatic carbocycles. The van der Waals surface area contributed by atoms with Gasteiger partial charge in [0.05, 0.1) is 34.3 Å². The molecule has 0 unspecified atom stereocenters. The summed E-state index contributed by atoms with van der Waals surface area (Å²) in [7, 11) is 1.62. The number of thioether (sulfide) groups is 1. The molecule has 1 saturated carbocycles. The van der Waals surface area contributed by atoms with E-state index in [-0.39, 0.29) is 29.3 Å². The molecular formula is C26H24F2N6O3S. The monoisotopic (exact) mass is 538 g/mol. The van der Waals surface area contributed by atoms with Crippen molar-refractivity contribution in [2.24, 2.45) is 16.6 Å². The molecule has 1 fully saturated rings. The van der Waals surface area contributed by atoms with E-state index in [1.165, 1.54) is 24.2 Å². The number of pyridine rings is 2. The van der Waals surface area contributed by atoms with Crippen molar-refractivity contribution in [2.45, 2.75) is 36.7 Å². The van der Waals surface area contributed by atoms with Crippen molar-refractivity contribution in [3.8, 4) is 5.75 Å². The van der Waals surface area contributed by atoms with Gasteiger partial charge < -0.3 is 19.7 Å². The van der Waals surface area contributed by atoms with E-state index < -0.39 is 17.2 Å². The summed E-state index contributed by atoms with van der Waals surface area (Å²) in [5, 5.41) is 4.86. The van der Waals surface area contributed by atoms with Crippen LogP contribution >= 0.6 is 11.8 Å². The third kappa shape index (κ3) is 4.27. The number of aromatic nitrogens is 4. The van der Waals surface area contributed by atoms with Gasteiger partial charge in [0.25, 0.3) is 0 Å². The number of aliphatic imine (C=N–C) groups is 1. The van der Waals surface area contributed by atoms with Gasteiger partial charge in [-0.15, -0.1) is 0 Å². The summed E-state index contributed by atoms with van der Waals surface area (Å²) in [6, 6.07) is 6.50. The SMILES string of the molecule is COC[C@]12C[C@H]1[C@@](C)(c1cc(Cc3nccc4cc(OCc5ncon5)cnc34)cc(F)c1F)N=C(N)S2. The molecule has 6 rings (SSSR count). The lowest BCUT2D eigenvalue weighted by Gasteiger charge is -2.34. The van der Waals surface area contributed by atoms with E-state index in [4.69, 9.17) is 19.7 Å². The van der Waals surface area contributed by atoms with Gasteiger partial charge in [0, 0.05) is 36.6 Å². The van der Waals surface area contributed by atoms with Crippen LogP contribution in [0.4, 0.5) is 8.78 Å². The number of nitrogens with two attached hydrogens (primary N) is 1. The minimum Gasteiger partial charge on any atom is -0.484 e. The van der Waals surface area contributed by atoms with Crippen molar-refractivity contribution in [3.05, 3.63) is 77.3 Å². The van der Waals surface area contributed by atoms with Gasteiger partial charge in [-0.25, -0.2) is 8.78 Å². The van der Waals surface area contributed by atoms with Crippen molar-refractivity contribution in [3.63, 3.8) is 0 Å². The Bertz CT molecular complexity index is 1550. The van der Waals surface area contributed by atoms with Crippen LogP contribution in [0.5, 0.6) is 5.75 Å². The summed E-state index contributed by atoms with van der Waals surface area (Å²) >= 11 is 1.45. The molecule has 4 heterocycles. The van der Waals surface area contributed by atoms with Gasteiger partial charge in [-0.2, -0.15) is 4.98 Å². The number of amidine groups is 1. The normalized spacial score (nSPS) is 24.2. The second-order valence-electron chi connectivity index (χ2n) is 9.71. The van der Waals surface area contributed by atoms with Gasteiger partial charge in [-0.1, -0.05) is 16.9 Å². The van der Waals surface area contributed by atoms with E-state index in [2.05, 4.69) is 25.1 Å². The highest BCUT2D eigenvalue weighted by Gasteiger charge is 2.66. The van der Waals surface area contributed by atoms with Crippen LogP contribution in [-0.2, 0) is 23.3 Å². The minimum absolute atomic E-state index is 0.0281. The molecule has 0 saturated heterocycles. The number of hydrogen-bond acceptors (Lipinski definition) is 10. The zero-order chi connectivity index (χ0) is 26.5. The van der Waals surface area contributed by atoms with Crippen LogP contribution in [0.25, 0.3) is 10.9 Å². The van der Waals surface area contributed by atoms with Crippen LogP contribution in [0.3, 0.4) is 0 Å². The number of methoxy groups -OCH3 is 1. The Morgan fingerprint density at radius 2 is 2.08 bits per heavy atom. The molecule has 3 aromatic heterocycles. The van der Waals surface area contributed by atoms with E-state index in [9.17, 15) is 4.39 Å². The predicted molar refractivity (Wildman–Crippen MR) is 137 cm³/mol. The Kier molecular flexibility index (Phi) is 6.03. The summed E-state index contributed by atoms with van der Waals surface area (Å²) in [5.41, 5.74) is 7.14. The van der Waals surface area contributed by atoms with Crippen molar-refractivity contribution >= 4 is 27.8 Å². The molecule has 38 heavy (non-hydrogen) atoms. The molecule has 9 nitrogen and oxygen atoms in total. The maximum Gasteiger partial charge on any atom is 0.213 e. The maximum atomic E-state index is 15.3. The Morgan fingerprint density at radius 3 is 2.87 bits per heavy atom. The van der Waals surface area contributed by atoms with Gasteiger partial charge in [0.2, 0.25) is 12.2 Å². The van der Waals surface area contributed by atoms with E-state index in [1.54, 1.807) is 25.6 Å². The standard InChI is InChI=1S/C26H24F2N6O3S/c1-25(20-9-26(20,12-35-2)38-24(29)33-25)17-5-14(6-18(27)22(17)28)7-19-23-15(3-4-30-19)8-16(10-31-23)36-11-21-32-13-37-34-21/h3-6,8,10,13,20H,7,9,11-12H2,1-2H3,(H2,29,33)/t20-,25+,26+/m0/s1. The Hall–Kier alpha value is -3.64. The molecule has 4 aromatic rings. The van der Waals surface area contributed by atoms with E-state index in [0.717, 1.165) is 11.8 Å². The highest BCUT2D eigenvalue weighted by atomic mass is 32.2. The highest BCUT2D eigenvalue weighted by Crippen LogP contribution is 2.66. The van der Waals surface area contributed by atoms with Crippen molar-refractivity contribution < 1.29 is 22.8 Å². The first kappa shape index (κ1) is 24.7. The molecule has 3 atom stereocenters. The second-order valence-corrected chi connectivity index (χ2v) is 11.1.